The van der Waals surface area contributed by atoms with E-state index in [9.17, 15) is 21.6 Å². The van der Waals surface area contributed by atoms with Gasteiger partial charge in [0.05, 0.1) is 0 Å². The van der Waals surface area contributed by atoms with E-state index in [0.29, 0.717) is 0 Å². The van der Waals surface area contributed by atoms with Gasteiger partial charge in [0.25, 0.3) is 0 Å². The van der Waals surface area contributed by atoms with Crippen molar-refractivity contribution in [3.8, 4) is 0 Å². The highest BCUT2D eigenvalue weighted by Gasteiger charge is 2.40. The van der Waals surface area contributed by atoms with Crippen LogP contribution in [0, 0.1) is 0 Å². The first-order valence-electron chi connectivity index (χ1n) is 4.19. The number of allylic oxidation sites excluding steroid dienone is 1. The van der Waals surface area contributed by atoms with Crippen molar-refractivity contribution in [1.29, 1.82) is 0 Å². The van der Waals surface area contributed by atoms with Crippen LogP contribution >= 0.6 is 0 Å². The molecule has 0 aromatic carbocycles. The monoisotopic (exact) mass is 257 g/mol. The first-order chi connectivity index (χ1) is 7.12. The molecule has 0 aromatic rings. The van der Waals surface area contributed by atoms with Gasteiger partial charge in [-0.2, -0.15) is 13.2 Å². The minimum absolute atomic E-state index is 0.250. The summed E-state index contributed by atoms with van der Waals surface area (Å²) in [4.78, 5) is 3.84. The molecule has 0 radical (unpaired) electrons. The van der Waals surface area contributed by atoms with Gasteiger partial charge in [-0.15, -0.1) is 0 Å². The van der Waals surface area contributed by atoms with Crippen LogP contribution in [0.15, 0.2) is 16.1 Å². The minimum Gasteiger partial charge on any atom is -0.345 e. The maximum absolute atomic E-state index is 12.4. The fourth-order valence-corrected chi connectivity index (χ4v) is 1.54. The lowest BCUT2D eigenvalue weighted by atomic mass is 10.3. The Labute approximate surface area is 90.5 Å². The maximum Gasteiger partial charge on any atom is 0.408 e. The maximum atomic E-state index is 12.4. The normalized spacial score (nSPS) is 19.6. The number of hydrogen-bond acceptors (Lipinski definition) is 4. The predicted octanol–water partition coefficient (Wildman–Crippen LogP) is 0.411. The number of alkyl halides is 3. The number of nitrogens with two attached hydrogens (primary N) is 1. The van der Waals surface area contributed by atoms with Crippen molar-refractivity contribution < 1.29 is 21.6 Å². The number of nitrogens with zero attached hydrogens (tertiary/aromatic N) is 2. The van der Waals surface area contributed by atoms with Gasteiger partial charge in [-0.3, -0.25) is 4.99 Å². The Kier molecular flexibility index (Phi) is 3.29. The summed E-state index contributed by atoms with van der Waals surface area (Å²) in [5.74, 6) is 0. The molecule has 0 bridgehead atoms. The lowest BCUT2D eigenvalue weighted by Crippen LogP contribution is -2.42. The quantitative estimate of drug-likeness (QED) is 0.778. The molecule has 0 amide bonds. The highest BCUT2D eigenvalue weighted by Crippen LogP contribution is 2.26. The van der Waals surface area contributed by atoms with Crippen LogP contribution in [0.2, 0.25) is 0 Å². The van der Waals surface area contributed by atoms with Crippen LogP contribution in [0.4, 0.5) is 13.2 Å². The summed E-state index contributed by atoms with van der Waals surface area (Å²) in [5.41, 5.74) is 0. The number of rotatable bonds is 2. The predicted molar refractivity (Wildman–Crippen MR) is 51.9 cm³/mol. The smallest absolute Gasteiger partial charge is 0.345 e. The molecular weight excluding hydrogens is 247 g/mol. The molecule has 0 saturated carbocycles. The van der Waals surface area contributed by atoms with E-state index in [0.717, 1.165) is 24.2 Å². The number of aliphatic imine (C=N–C) groups is 1. The van der Waals surface area contributed by atoms with Gasteiger partial charge in [0.1, 0.15) is 17.6 Å². The standard InChI is InChI=1S/C7H10F3N3O2S/c1-5(7(8,9)10)13-3-6(2-12-4-13)16(11,14)15/h2-3,5H,4H2,1H3,(H2,11,14,15). The summed E-state index contributed by atoms with van der Waals surface area (Å²) >= 11 is 0. The first kappa shape index (κ1) is 13.0. The lowest BCUT2D eigenvalue weighted by Gasteiger charge is -2.29. The number of halogens is 3. The Balaban J connectivity index is 2.96. The van der Waals surface area contributed by atoms with Gasteiger partial charge in [-0.05, 0) is 6.92 Å². The molecule has 92 valence electrons. The summed E-state index contributed by atoms with van der Waals surface area (Å²) < 4.78 is 58.9. The SMILES string of the molecule is CC(N1C=C(S(N)(=O)=O)C=NC1)C(F)(F)F. The highest BCUT2D eigenvalue weighted by molar-refractivity contribution is 7.93. The van der Waals surface area contributed by atoms with Crippen LogP contribution in [0.3, 0.4) is 0 Å². The molecule has 9 heteroatoms. The molecule has 1 rings (SSSR count). The molecule has 0 aromatic heterocycles. The Morgan fingerprint density at radius 1 is 1.56 bits per heavy atom. The zero-order valence-corrected chi connectivity index (χ0v) is 9.09. The van der Waals surface area contributed by atoms with Crippen molar-refractivity contribution in [2.45, 2.75) is 19.1 Å². The van der Waals surface area contributed by atoms with Crippen LogP contribution < -0.4 is 5.14 Å². The Hall–Kier alpha value is -1.09. The Bertz CT molecular complexity index is 427. The molecule has 1 unspecified atom stereocenters. The average molecular weight is 257 g/mol. The minimum atomic E-state index is -4.45. The molecule has 0 spiro atoms. The van der Waals surface area contributed by atoms with Crippen molar-refractivity contribution in [3.05, 3.63) is 11.1 Å². The van der Waals surface area contributed by atoms with Crippen LogP contribution in [-0.2, 0) is 10.0 Å². The summed E-state index contributed by atoms with van der Waals surface area (Å²) in [6.45, 7) is 0.664. The third-order valence-corrected chi connectivity index (χ3v) is 2.92. The third-order valence-electron chi connectivity index (χ3n) is 2.06. The zero-order chi connectivity index (χ0) is 12.6. The van der Waals surface area contributed by atoms with Gasteiger partial charge in [0.15, 0.2) is 0 Å². The van der Waals surface area contributed by atoms with Gasteiger partial charge < -0.3 is 4.90 Å². The van der Waals surface area contributed by atoms with Gasteiger partial charge >= 0.3 is 6.18 Å². The zero-order valence-electron chi connectivity index (χ0n) is 8.27. The van der Waals surface area contributed by atoms with E-state index >= 15 is 0 Å². The molecular formula is C7H10F3N3O2S. The van der Waals surface area contributed by atoms with E-state index in [-0.39, 0.29) is 6.67 Å². The second kappa shape index (κ2) is 4.06. The Morgan fingerprint density at radius 2 is 2.12 bits per heavy atom. The fraction of sp³-hybridized carbons (Fsp3) is 0.571. The second-order valence-electron chi connectivity index (χ2n) is 3.26. The van der Waals surface area contributed by atoms with Crippen LogP contribution in [-0.4, -0.2) is 38.4 Å². The van der Waals surface area contributed by atoms with Crippen molar-refractivity contribution in [3.63, 3.8) is 0 Å². The Morgan fingerprint density at radius 3 is 2.56 bits per heavy atom. The van der Waals surface area contributed by atoms with Crippen molar-refractivity contribution >= 4 is 16.2 Å². The van der Waals surface area contributed by atoms with Crippen molar-refractivity contribution in [2.24, 2.45) is 10.1 Å². The molecule has 16 heavy (non-hydrogen) atoms. The van der Waals surface area contributed by atoms with Crippen molar-refractivity contribution in [2.75, 3.05) is 6.67 Å². The molecule has 0 fully saturated rings. The van der Waals surface area contributed by atoms with Gasteiger partial charge in [-0.1, -0.05) is 0 Å². The van der Waals surface area contributed by atoms with Crippen LogP contribution in [0.1, 0.15) is 6.92 Å². The first-order valence-corrected chi connectivity index (χ1v) is 5.74. The molecule has 1 heterocycles. The number of hydrogen-bond donors (Lipinski definition) is 1. The topological polar surface area (TPSA) is 75.8 Å². The molecule has 1 aliphatic rings. The van der Waals surface area contributed by atoms with E-state index in [2.05, 4.69) is 4.99 Å². The second-order valence-corrected chi connectivity index (χ2v) is 4.82. The fourth-order valence-electron chi connectivity index (χ4n) is 1.03. The summed E-state index contributed by atoms with van der Waals surface area (Å²) in [6.07, 6.45) is -2.66. The highest BCUT2D eigenvalue weighted by atomic mass is 32.2. The molecule has 5 nitrogen and oxygen atoms in total. The van der Waals surface area contributed by atoms with Gasteiger partial charge in [-0.25, -0.2) is 13.6 Å². The van der Waals surface area contributed by atoms with Crippen molar-refractivity contribution in [1.82, 2.24) is 4.90 Å². The number of primary sulfonamides is 1. The lowest BCUT2D eigenvalue weighted by molar-refractivity contribution is -0.171. The van der Waals surface area contributed by atoms with E-state index < -0.39 is 27.1 Å². The third kappa shape index (κ3) is 2.95. The summed E-state index contributed by atoms with van der Waals surface area (Å²) in [7, 11) is -4.04. The number of sulfonamides is 1. The molecule has 1 atom stereocenters. The molecule has 0 saturated heterocycles. The van der Waals surface area contributed by atoms with E-state index in [4.69, 9.17) is 5.14 Å². The van der Waals surface area contributed by atoms with Crippen LogP contribution in [0.25, 0.3) is 0 Å². The largest absolute Gasteiger partial charge is 0.408 e. The van der Waals surface area contributed by atoms with Gasteiger partial charge in [0, 0.05) is 12.4 Å². The van der Waals surface area contributed by atoms with Crippen LogP contribution in [0.5, 0.6) is 0 Å². The molecule has 0 aliphatic carbocycles. The molecule has 1 aliphatic heterocycles. The summed E-state index contributed by atoms with van der Waals surface area (Å²) in [5, 5.41) is 4.79. The van der Waals surface area contributed by atoms with Gasteiger partial charge in [0.2, 0.25) is 10.0 Å². The molecule has 2 N–H and O–H groups in total. The van der Waals surface area contributed by atoms with E-state index in [1.54, 1.807) is 0 Å². The van der Waals surface area contributed by atoms with E-state index in [1.807, 2.05) is 0 Å². The average Bonchev–Trinajstić information content (AvgIpc) is 2.14. The van der Waals surface area contributed by atoms with E-state index in [1.165, 1.54) is 0 Å². The summed E-state index contributed by atoms with van der Waals surface area (Å²) in [6, 6.07) is -1.82.